The average Bonchev–Trinajstić information content (AvgIpc) is 3.19. The van der Waals surface area contributed by atoms with Crippen LogP contribution in [0.1, 0.15) is 5.56 Å². The predicted octanol–water partition coefficient (Wildman–Crippen LogP) is 6.95. The van der Waals surface area contributed by atoms with Crippen LogP contribution in [-0.2, 0) is 0 Å². The van der Waals surface area contributed by atoms with Gasteiger partial charge in [-0.15, -0.1) is 0 Å². The highest BCUT2D eigenvalue weighted by molar-refractivity contribution is 6.22. The van der Waals surface area contributed by atoms with Crippen LogP contribution in [0.2, 0.25) is 0 Å². The Balaban J connectivity index is 1.83. The second-order valence-electron chi connectivity index (χ2n) is 6.68. The van der Waals surface area contributed by atoms with Gasteiger partial charge < -0.3 is 8.83 Å². The first kappa shape index (κ1) is 13.1. The predicted molar refractivity (Wildman–Crippen MR) is 103 cm³/mol. The summed E-state index contributed by atoms with van der Waals surface area (Å²) in [7, 11) is 0. The quantitative estimate of drug-likeness (QED) is 0.302. The summed E-state index contributed by atoms with van der Waals surface area (Å²) in [5.74, 6) is 0. The Labute approximate surface area is 143 Å². The number of furan rings is 2. The molecule has 2 heteroatoms. The number of fused-ring (bicyclic) bond motifs is 9. The number of hydrogen-bond donors (Lipinski definition) is 0. The molecular weight excluding hydrogens is 308 g/mol. The standard InChI is InChI=1S/C23H14O2/c1-13-6-7-15-17-9-11-18-19(23(17)25-21(15)12-13)10-8-16-14-4-2-3-5-20(14)24-22(16)18/h2-12H,1H3. The van der Waals surface area contributed by atoms with Crippen molar-refractivity contribution in [3.8, 4) is 0 Å². The molecule has 0 aliphatic rings. The fourth-order valence-corrected chi connectivity index (χ4v) is 3.93. The number of rotatable bonds is 0. The first-order valence-electron chi connectivity index (χ1n) is 8.45. The van der Waals surface area contributed by atoms with E-state index in [1.54, 1.807) is 0 Å². The van der Waals surface area contributed by atoms with Crippen LogP contribution in [0.4, 0.5) is 0 Å². The maximum absolute atomic E-state index is 6.23. The van der Waals surface area contributed by atoms with Crippen molar-refractivity contribution in [3.63, 3.8) is 0 Å². The van der Waals surface area contributed by atoms with Crippen LogP contribution in [0.15, 0.2) is 75.6 Å². The second-order valence-corrected chi connectivity index (χ2v) is 6.68. The summed E-state index contributed by atoms with van der Waals surface area (Å²) >= 11 is 0. The molecule has 2 heterocycles. The van der Waals surface area contributed by atoms with E-state index in [9.17, 15) is 0 Å². The zero-order valence-corrected chi connectivity index (χ0v) is 13.7. The van der Waals surface area contributed by atoms with Gasteiger partial charge in [-0.3, -0.25) is 0 Å². The van der Waals surface area contributed by atoms with E-state index in [4.69, 9.17) is 8.83 Å². The molecule has 6 rings (SSSR count). The monoisotopic (exact) mass is 322 g/mol. The minimum atomic E-state index is 0.922. The molecule has 118 valence electrons. The topological polar surface area (TPSA) is 26.3 Å². The van der Waals surface area contributed by atoms with Gasteiger partial charge in [0, 0.05) is 32.3 Å². The first-order valence-corrected chi connectivity index (χ1v) is 8.45. The molecule has 0 aliphatic carbocycles. The summed E-state index contributed by atoms with van der Waals surface area (Å²) in [6.07, 6.45) is 0. The van der Waals surface area contributed by atoms with Gasteiger partial charge in [0.1, 0.15) is 22.3 Å². The summed E-state index contributed by atoms with van der Waals surface area (Å²) in [6.45, 7) is 2.09. The molecule has 25 heavy (non-hydrogen) atoms. The number of hydrogen-bond acceptors (Lipinski definition) is 2. The third-order valence-electron chi connectivity index (χ3n) is 5.13. The lowest BCUT2D eigenvalue weighted by Gasteiger charge is -2.00. The zero-order chi connectivity index (χ0) is 16.5. The average molecular weight is 322 g/mol. The number of para-hydroxylation sites is 1. The summed E-state index contributed by atoms with van der Waals surface area (Å²) in [5.41, 5.74) is 4.92. The van der Waals surface area contributed by atoms with Gasteiger partial charge in [-0.05, 0) is 48.9 Å². The van der Waals surface area contributed by atoms with Crippen molar-refractivity contribution in [1.82, 2.24) is 0 Å². The highest BCUT2D eigenvalue weighted by Gasteiger charge is 2.15. The van der Waals surface area contributed by atoms with Crippen molar-refractivity contribution in [1.29, 1.82) is 0 Å². The molecule has 0 spiro atoms. The third kappa shape index (κ3) is 1.64. The van der Waals surface area contributed by atoms with E-state index in [0.717, 1.165) is 54.6 Å². The lowest BCUT2D eigenvalue weighted by Crippen LogP contribution is -1.75. The smallest absolute Gasteiger partial charge is 0.143 e. The molecule has 0 saturated heterocycles. The Kier molecular flexibility index (Phi) is 2.31. The summed E-state index contributed by atoms with van der Waals surface area (Å²) < 4.78 is 12.4. The van der Waals surface area contributed by atoms with Crippen LogP contribution >= 0.6 is 0 Å². The van der Waals surface area contributed by atoms with Crippen LogP contribution in [0.3, 0.4) is 0 Å². The van der Waals surface area contributed by atoms with E-state index in [1.807, 2.05) is 18.2 Å². The Hall–Kier alpha value is -3.26. The Bertz CT molecular complexity index is 1450. The van der Waals surface area contributed by atoms with E-state index < -0.39 is 0 Å². The highest BCUT2D eigenvalue weighted by atomic mass is 16.3. The third-order valence-corrected chi connectivity index (χ3v) is 5.13. The van der Waals surface area contributed by atoms with E-state index in [1.165, 1.54) is 5.56 Å². The van der Waals surface area contributed by atoms with E-state index in [-0.39, 0.29) is 0 Å². The SMILES string of the molecule is Cc1ccc2c(c1)oc1c2ccc2c1ccc1c3ccccc3oc12. The number of aryl methyl sites for hydroxylation is 1. The van der Waals surface area contributed by atoms with Crippen LogP contribution in [-0.4, -0.2) is 0 Å². The minimum Gasteiger partial charge on any atom is -0.455 e. The molecule has 0 bridgehead atoms. The van der Waals surface area contributed by atoms with Crippen molar-refractivity contribution in [2.45, 2.75) is 6.92 Å². The maximum Gasteiger partial charge on any atom is 0.143 e. The summed E-state index contributed by atoms with van der Waals surface area (Å²) in [5, 5.41) is 6.80. The van der Waals surface area contributed by atoms with E-state index >= 15 is 0 Å². The molecule has 0 fully saturated rings. The van der Waals surface area contributed by atoms with Crippen LogP contribution in [0, 0.1) is 6.92 Å². The molecule has 4 aromatic carbocycles. The lowest BCUT2D eigenvalue weighted by atomic mass is 10.0. The molecule has 2 nitrogen and oxygen atoms in total. The highest BCUT2D eigenvalue weighted by Crippen LogP contribution is 2.39. The second kappa shape index (κ2) is 4.42. The van der Waals surface area contributed by atoms with Crippen molar-refractivity contribution in [2.24, 2.45) is 0 Å². The number of benzene rings is 4. The molecular formula is C23H14O2. The van der Waals surface area contributed by atoms with Gasteiger partial charge in [0.15, 0.2) is 0 Å². The first-order chi connectivity index (χ1) is 12.3. The largest absolute Gasteiger partial charge is 0.455 e. The van der Waals surface area contributed by atoms with Gasteiger partial charge >= 0.3 is 0 Å². The zero-order valence-electron chi connectivity index (χ0n) is 13.7. The van der Waals surface area contributed by atoms with Gasteiger partial charge in [-0.1, -0.05) is 30.3 Å². The maximum atomic E-state index is 6.23. The van der Waals surface area contributed by atoms with Gasteiger partial charge in [-0.2, -0.15) is 0 Å². The van der Waals surface area contributed by atoms with Gasteiger partial charge in [0.25, 0.3) is 0 Å². The molecule has 0 radical (unpaired) electrons. The molecule has 6 aromatic rings. The normalized spacial score (nSPS) is 12.2. The molecule has 2 aromatic heterocycles. The Morgan fingerprint density at radius 3 is 1.76 bits per heavy atom. The van der Waals surface area contributed by atoms with Crippen molar-refractivity contribution in [3.05, 3.63) is 72.3 Å². The van der Waals surface area contributed by atoms with Gasteiger partial charge in [0.2, 0.25) is 0 Å². The van der Waals surface area contributed by atoms with Crippen LogP contribution < -0.4 is 0 Å². The van der Waals surface area contributed by atoms with Gasteiger partial charge in [0.05, 0.1) is 0 Å². The Morgan fingerprint density at radius 1 is 0.520 bits per heavy atom. The summed E-state index contributed by atoms with van der Waals surface area (Å²) in [4.78, 5) is 0. The van der Waals surface area contributed by atoms with Crippen LogP contribution in [0.5, 0.6) is 0 Å². The van der Waals surface area contributed by atoms with Gasteiger partial charge in [-0.25, -0.2) is 0 Å². The van der Waals surface area contributed by atoms with Crippen LogP contribution in [0.25, 0.3) is 54.6 Å². The van der Waals surface area contributed by atoms with E-state index in [2.05, 4.69) is 55.5 Å². The Morgan fingerprint density at radius 2 is 1.04 bits per heavy atom. The molecule has 0 amide bonds. The minimum absolute atomic E-state index is 0.922. The van der Waals surface area contributed by atoms with Crippen molar-refractivity contribution < 1.29 is 8.83 Å². The molecule has 0 aliphatic heterocycles. The van der Waals surface area contributed by atoms with E-state index in [0.29, 0.717) is 0 Å². The summed E-state index contributed by atoms with van der Waals surface area (Å²) in [6, 6.07) is 23.1. The fraction of sp³-hybridized carbons (Fsp3) is 0.0435. The molecule has 0 saturated carbocycles. The fourth-order valence-electron chi connectivity index (χ4n) is 3.93. The molecule has 0 unspecified atom stereocenters. The van der Waals surface area contributed by atoms with Crippen molar-refractivity contribution >= 4 is 54.6 Å². The van der Waals surface area contributed by atoms with Crippen molar-refractivity contribution in [2.75, 3.05) is 0 Å². The molecule has 0 N–H and O–H groups in total. The lowest BCUT2D eigenvalue weighted by molar-refractivity contribution is 0.669. The molecule has 0 atom stereocenters.